The lowest BCUT2D eigenvalue weighted by Gasteiger charge is -2.08. The van der Waals surface area contributed by atoms with Crippen LogP contribution in [0.5, 0.6) is 5.75 Å². The van der Waals surface area contributed by atoms with E-state index in [-0.39, 0.29) is 11.5 Å². The number of alkyl halides is 3. The third kappa shape index (κ3) is 4.57. The number of halogens is 3. The Labute approximate surface area is 131 Å². The second-order valence-electron chi connectivity index (χ2n) is 4.49. The van der Waals surface area contributed by atoms with E-state index in [0.717, 1.165) is 0 Å². The van der Waals surface area contributed by atoms with Crippen LogP contribution in [0.25, 0.3) is 0 Å². The maximum Gasteiger partial charge on any atom is 0.451 e. The summed E-state index contributed by atoms with van der Waals surface area (Å²) in [4.78, 5) is 6.98. The number of amidine groups is 2. The molecule has 0 aliphatic rings. The number of methoxy groups -OCH3 is 1. The second-order valence-corrected chi connectivity index (χ2v) is 4.49. The van der Waals surface area contributed by atoms with Gasteiger partial charge < -0.3 is 10.5 Å². The van der Waals surface area contributed by atoms with Crippen molar-refractivity contribution < 1.29 is 17.9 Å². The van der Waals surface area contributed by atoms with E-state index in [1.54, 1.807) is 30.3 Å². The molecular weight excluding hydrogens is 307 g/mol. The fourth-order valence-electron chi connectivity index (χ4n) is 1.72. The van der Waals surface area contributed by atoms with Gasteiger partial charge in [0.1, 0.15) is 11.6 Å². The number of rotatable bonds is 3. The molecule has 0 radical (unpaired) electrons. The van der Waals surface area contributed by atoms with Gasteiger partial charge in [0.25, 0.3) is 0 Å². The van der Waals surface area contributed by atoms with Crippen LogP contribution in [0.3, 0.4) is 0 Å². The molecule has 2 N–H and O–H groups in total. The van der Waals surface area contributed by atoms with Gasteiger partial charge in [0.15, 0.2) is 0 Å². The summed E-state index contributed by atoms with van der Waals surface area (Å²) in [5.74, 6) is -1.05. The molecule has 2 rings (SSSR count). The first-order valence-corrected chi connectivity index (χ1v) is 6.59. The molecule has 0 bridgehead atoms. The van der Waals surface area contributed by atoms with Gasteiger partial charge in [0.05, 0.1) is 12.8 Å². The number of nitrogens with zero attached hydrogens (tertiary/aromatic N) is 2. The Balaban J connectivity index is 2.39. The van der Waals surface area contributed by atoms with Crippen molar-refractivity contribution in [1.29, 1.82) is 0 Å². The zero-order valence-electron chi connectivity index (χ0n) is 12.2. The number of aliphatic imine (C=N–C) groups is 2. The lowest BCUT2D eigenvalue weighted by molar-refractivity contribution is -0.0596. The molecule has 0 saturated carbocycles. The molecule has 0 atom stereocenters. The van der Waals surface area contributed by atoms with E-state index in [1.807, 2.05) is 0 Å². The molecule has 2 aromatic rings. The first-order valence-electron chi connectivity index (χ1n) is 6.59. The Morgan fingerprint density at radius 1 is 1.00 bits per heavy atom. The van der Waals surface area contributed by atoms with E-state index >= 15 is 0 Å². The summed E-state index contributed by atoms with van der Waals surface area (Å²) in [5, 5.41) is 0. The van der Waals surface area contributed by atoms with Gasteiger partial charge in [0, 0.05) is 5.56 Å². The monoisotopic (exact) mass is 321 g/mol. The van der Waals surface area contributed by atoms with Crippen molar-refractivity contribution in [2.45, 2.75) is 6.18 Å². The summed E-state index contributed by atoms with van der Waals surface area (Å²) >= 11 is 0. The van der Waals surface area contributed by atoms with Gasteiger partial charge in [-0.2, -0.15) is 13.2 Å². The van der Waals surface area contributed by atoms with E-state index in [4.69, 9.17) is 10.5 Å². The molecule has 0 spiro atoms. The van der Waals surface area contributed by atoms with Gasteiger partial charge in [-0.25, -0.2) is 9.98 Å². The van der Waals surface area contributed by atoms with Crippen LogP contribution in [0.2, 0.25) is 0 Å². The molecule has 0 unspecified atom stereocenters. The first-order chi connectivity index (χ1) is 10.9. The van der Waals surface area contributed by atoms with Crippen molar-refractivity contribution >= 4 is 17.4 Å². The highest BCUT2D eigenvalue weighted by Gasteiger charge is 2.36. The third-order valence-corrected chi connectivity index (χ3v) is 2.86. The molecule has 0 saturated heterocycles. The minimum Gasteiger partial charge on any atom is -0.497 e. The van der Waals surface area contributed by atoms with E-state index < -0.39 is 12.0 Å². The van der Waals surface area contributed by atoms with E-state index in [0.29, 0.717) is 11.3 Å². The smallest absolute Gasteiger partial charge is 0.451 e. The predicted octanol–water partition coefficient (Wildman–Crippen LogP) is 3.69. The molecule has 0 heterocycles. The van der Waals surface area contributed by atoms with E-state index in [9.17, 15) is 13.2 Å². The van der Waals surface area contributed by atoms with Crippen molar-refractivity contribution in [3.63, 3.8) is 0 Å². The van der Waals surface area contributed by atoms with Crippen molar-refractivity contribution in [2.24, 2.45) is 15.7 Å². The molecule has 7 heteroatoms. The summed E-state index contributed by atoms with van der Waals surface area (Å²) in [5.41, 5.74) is 6.13. The molecule has 23 heavy (non-hydrogen) atoms. The Bertz CT molecular complexity index is 708. The standard InChI is InChI=1S/C16H14F3N3O/c1-23-13-9-7-12(8-10-13)21-15(16(17,18)19)22-14(20)11-5-3-2-4-6-11/h2-10H,1H3,(H2,20,21,22). The van der Waals surface area contributed by atoms with Crippen molar-refractivity contribution in [2.75, 3.05) is 7.11 Å². The maximum atomic E-state index is 13.1. The summed E-state index contributed by atoms with van der Waals surface area (Å²) in [7, 11) is 1.46. The third-order valence-electron chi connectivity index (χ3n) is 2.86. The highest BCUT2D eigenvalue weighted by Crippen LogP contribution is 2.24. The van der Waals surface area contributed by atoms with Gasteiger partial charge >= 0.3 is 6.18 Å². The Morgan fingerprint density at radius 3 is 2.13 bits per heavy atom. The number of ether oxygens (including phenoxy) is 1. The minimum absolute atomic E-state index is 0.0998. The summed E-state index contributed by atoms with van der Waals surface area (Å²) in [6, 6.07) is 14.0. The lowest BCUT2D eigenvalue weighted by atomic mass is 10.2. The molecule has 2 aromatic carbocycles. The van der Waals surface area contributed by atoms with E-state index in [1.165, 1.54) is 31.4 Å². The van der Waals surface area contributed by atoms with Crippen LogP contribution in [0.15, 0.2) is 64.6 Å². The fraction of sp³-hybridized carbons (Fsp3) is 0.125. The SMILES string of the molecule is COc1ccc(N=C(N=C(N)c2ccccc2)C(F)(F)F)cc1. The van der Waals surface area contributed by atoms with Gasteiger partial charge in [-0.05, 0) is 24.3 Å². The van der Waals surface area contributed by atoms with Gasteiger partial charge in [0.2, 0.25) is 5.84 Å². The van der Waals surface area contributed by atoms with E-state index in [2.05, 4.69) is 9.98 Å². The van der Waals surface area contributed by atoms with Crippen LogP contribution in [0, 0.1) is 0 Å². The number of nitrogens with two attached hydrogens (primary N) is 1. The van der Waals surface area contributed by atoms with Crippen LogP contribution in [-0.2, 0) is 0 Å². The average Bonchev–Trinajstić information content (AvgIpc) is 2.54. The normalized spacial score (nSPS) is 13.0. The van der Waals surface area contributed by atoms with Crippen LogP contribution in [-0.4, -0.2) is 25.0 Å². The molecule has 0 amide bonds. The molecule has 0 aromatic heterocycles. The predicted molar refractivity (Wildman–Crippen MR) is 83.3 cm³/mol. The summed E-state index contributed by atoms with van der Waals surface area (Å²) in [6.45, 7) is 0. The Kier molecular flexibility index (Phi) is 5.00. The van der Waals surface area contributed by atoms with Gasteiger partial charge in [-0.15, -0.1) is 0 Å². The lowest BCUT2D eigenvalue weighted by Crippen LogP contribution is -2.25. The second kappa shape index (κ2) is 6.95. The maximum absolute atomic E-state index is 13.1. The largest absolute Gasteiger partial charge is 0.497 e. The highest BCUT2D eigenvalue weighted by atomic mass is 19.4. The number of hydrogen-bond donors (Lipinski definition) is 1. The summed E-state index contributed by atoms with van der Waals surface area (Å²) in [6.07, 6.45) is -4.72. The Hall–Kier alpha value is -2.83. The van der Waals surface area contributed by atoms with Crippen LogP contribution in [0.1, 0.15) is 5.56 Å². The molecule has 4 nitrogen and oxygen atoms in total. The van der Waals surface area contributed by atoms with Crippen molar-refractivity contribution in [1.82, 2.24) is 0 Å². The van der Waals surface area contributed by atoms with Crippen LogP contribution < -0.4 is 10.5 Å². The van der Waals surface area contributed by atoms with Crippen molar-refractivity contribution in [3.8, 4) is 5.75 Å². The zero-order valence-corrected chi connectivity index (χ0v) is 12.2. The fourth-order valence-corrected chi connectivity index (χ4v) is 1.72. The Morgan fingerprint density at radius 2 is 1.61 bits per heavy atom. The quantitative estimate of drug-likeness (QED) is 0.692. The van der Waals surface area contributed by atoms with Gasteiger partial charge in [-0.1, -0.05) is 30.3 Å². The molecule has 0 fully saturated rings. The van der Waals surface area contributed by atoms with Crippen LogP contribution in [0.4, 0.5) is 18.9 Å². The topological polar surface area (TPSA) is 60.0 Å². The van der Waals surface area contributed by atoms with Gasteiger partial charge in [-0.3, -0.25) is 0 Å². The average molecular weight is 321 g/mol. The number of hydrogen-bond acceptors (Lipinski definition) is 2. The first kappa shape index (κ1) is 16.5. The molecule has 0 aliphatic carbocycles. The number of benzene rings is 2. The highest BCUT2D eigenvalue weighted by molar-refractivity contribution is 6.07. The zero-order chi connectivity index (χ0) is 16.9. The minimum atomic E-state index is -4.72. The molecular formula is C16H14F3N3O. The molecule has 0 aliphatic heterocycles. The molecule has 120 valence electrons. The summed E-state index contributed by atoms with van der Waals surface area (Å²) < 4.78 is 44.3. The van der Waals surface area contributed by atoms with Crippen molar-refractivity contribution in [3.05, 3.63) is 60.2 Å². The van der Waals surface area contributed by atoms with Crippen LogP contribution >= 0.6 is 0 Å².